The second kappa shape index (κ2) is 7.82. The minimum atomic E-state index is 0.0335. The van der Waals surface area contributed by atoms with Crippen molar-refractivity contribution in [1.29, 1.82) is 0 Å². The molecule has 20 heavy (non-hydrogen) atoms. The Morgan fingerprint density at radius 1 is 1.25 bits per heavy atom. The number of benzene rings is 1. The Labute approximate surface area is 120 Å². The SMILES string of the molecule is Cc1nccn1CCCCNC(CO)c1ccccc1. The normalized spacial score (nSPS) is 12.5. The fourth-order valence-corrected chi connectivity index (χ4v) is 2.30. The first-order chi connectivity index (χ1) is 9.81. The van der Waals surface area contributed by atoms with E-state index in [0.717, 1.165) is 37.3 Å². The largest absolute Gasteiger partial charge is 0.394 e. The molecule has 0 saturated heterocycles. The molecule has 1 atom stereocenters. The average Bonchev–Trinajstić information content (AvgIpc) is 2.89. The summed E-state index contributed by atoms with van der Waals surface area (Å²) in [6, 6.07) is 10.1. The second-order valence-electron chi connectivity index (χ2n) is 4.97. The molecule has 0 bridgehead atoms. The van der Waals surface area contributed by atoms with Crippen LogP contribution in [-0.2, 0) is 6.54 Å². The van der Waals surface area contributed by atoms with Crippen molar-refractivity contribution >= 4 is 0 Å². The van der Waals surface area contributed by atoms with E-state index in [4.69, 9.17) is 0 Å². The van der Waals surface area contributed by atoms with E-state index in [2.05, 4.69) is 14.9 Å². The predicted molar refractivity (Wildman–Crippen MR) is 80.5 cm³/mol. The van der Waals surface area contributed by atoms with E-state index in [0.29, 0.717) is 0 Å². The van der Waals surface area contributed by atoms with Crippen LogP contribution >= 0.6 is 0 Å². The van der Waals surface area contributed by atoms with Gasteiger partial charge in [-0.2, -0.15) is 0 Å². The van der Waals surface area contributed by atoms with E-state index in [1.54, 1.807) is 0 Å². The zero-order valence-corrected chi connectivity index (χ0v) is 12.0. The van der Waals surface area contributed by atoms with Gasteiger partial charge in [0.05, 0.1) is 12.6 Å². The Balaban J connectivity index is 1.68. The number of unbranched alkanes of at least 4 members (excludes halogenated alkanes) is 1. The summed E-state index contributed by atoms with van der Waals surface area (Å²) in [4.78, 5) is 4.21. The van der Waals surface area contributed by atoms with Crippen molar-refractivity contribution in [2.24, 2.45) is 0 Å². The number of nitrogens with zero attached hydrogens (tertiary/aromatic N) is 2. The van der Waals surface area contributed by atoms with Crippen LogP contribution in [0.15, 0.2) is 42.7 Å². The minimum Gasteiger partial charge on any atom is -0.394 e. The maximum absolute atomic E-state index is 9.45. The van der Waals surface area contributed by atoms with Gasteiger partial charge in [0, 0.05) is 18.9 Å². The van der Waals surface area contributed by atoms with Crippen LogP contribution in [0.25, 0.3) is 0 Å². The molecule has 1 heterocycles. The van der Waals surface area contributed by atoms with Crippen molar-refractivity contribution in [2.75, 3.05) is 13.2 Å². The molecule has 0 fully saturated rings. The Morgan fingerprint density at radius 2 is 2.05 bits per heavy atom. The van der Waals surface area contributed by atoms with Crippen LogP contribution < -0.4 is 5.32 Å². The molecule has 1 unspecified atom stereocenters. The third-order valence-electron chi connectivity index (χ3n) is 3.52. The van der Waals surface area contributed by atoms with Crippen molar-refractivity contribution < 1.29 is 5.11 Å². The number of aliphatic hydroxyl groups is 1. The van der Waals surface area contributed by atoms with Gasteiger partial charge in [-0.3, -0.25) is 0 Å². The van der Waals surface area contributed by atoms with Crippen molar-refractivity contribution in [3.05, 3.63) is 54.1 Å². The van der Waals surface area contributed by atoms with E-state index in [1.807, 2.05) is 49.6 Å². The van der Waals surface area contributed by atoms with E-state index < -0.39 is 0 Å². The van der Waals surface area contributed by atoms with Crippen molar-refractivity contribution in [1.82, 2.24) is 14.9 Å². The smallest absolute Gasteiger partial charge is 0.105 e. The number of aliphatic hydroxyl groups excluding tert-OH is 1. The van der Waals surface area contributed by atoms with Crippen molar-refractivity contribution in [3.63, 3.8) is 0 Å². The first-order valence-electron chi connectivity index (χ1n) is 7.18. The molecule has 2 aromatic rings. The van der Waals surface area contributed by atoms with Gasteiger partial charge in [0.2, 0.25) is 0 Å². The molecule has 4 heteroatoms. The number of hydrogen-bond donors (Lipinski definition) is 2. The maximum Gasteiger partial charge on any atom is 0.105 e. The van der Waals surface area contributed by atoms with Gasteiger partial charge >= 0.3 is 0 Å². The Morgan fingerprint density at radius 3 is 2.70 bits per heavy atom. The molecule has 0 saturated carbocycles. The summed E-state index contributed by atoms with van der Waals surface area (Å²) in [5, 5.41) is 12.9. The highest BCUT2D eigenvalue weighted by Gasteiger charge is 2.08. The molecule has 0 amide bonds. The fourth-order valence-electron chi connectivity index (χ4n) is 2.30. The number of hydrogen-bond acceptors (Lipinski definition) is 3. The summed E-state index contributed by atoms with van der Waals surface area (Å²) >= 11 is 0. The number of imidazole rings is 1. The molecular weight excluding hydrogens is 250 g/mol. The van der Waals surface area contributed by atoms with Gasteiger partial charge in [-0.15, -0.1) is 0 Å². The summed E-state index contributed by atoms with van der Waals surface area (Å²) in [6.45, 7) is 4.07. The van der Waals surface area contributed by atoms with Gasteiger partial charge in [0.15, 0.2) is 0 Å². The van der Waals surface area contributed by atoms with Crippen LogP contribution in [0.4, 0.5) is 0 Å². The number of nitrogens with one attached hydrogen (secondary N) is 1. The van der Waals surface area contributed by atoms with Crippen LogP contribution in [0.3, 0.4) is 0 Å². The lowest BCUT2D eigenvalue weighted by atomic mass is 10.1. The van der Waals surface area contributed by atoms with Crippen LogP contribution in [0.5, 0.6) is 0 Å². The highest BCUT2D eigenvalue weighted by molar-refractivity contribution is 5.18. The summed E-state index contributed by atoms with van der Waals surface area (Å²) in [6.07, 6.45) is 6.05. The lowest BCUT2D eigenvalue weighted by Crippen LogP contribution is -2.25. The van der Waals surface area contributed by atoms with Gasteiger partial charge in [-0.1, -0.05) is 30.3 Å². The third-order valence-corrected chi connectivity index (χ3v) is 3.52. The molecule has 0 aliphatic heterocycles. The molecule has 0 radical (unpaired) electrons. The van der Waals surface area contributed by atoms with Gasteiger partial charge in [-0.05, 0) is 31.9 Å². The standard InChI is InChI=1S/C16H23N3O/c1-14-17-10-12-19(14)11-6-5-9-18-16(13-20)15-7-3-2-4-8-15/h2-4,7-8,10,12,16,18,20H,5-6,9,11,13H2,1H3. The molecule has 0 spiro atoms. The third kappa shape index (κ3) is 4.18. The van der Waals surface area contributed by atoms with Crippen LogP contribution in [0.1, 0.15) is 30.3 Å². The molecule has 1 aromatic heterocycles. The number of aryl methyl sites for hydroxylation is 2. The molecule has 0 aliphatic rings. The van der Waals surface area contributed by atoms with Gasteiger partial charge in [0.1, 0.15) is 5.82 Å². The molecule has 2 rings (SSSR count). The topological polar surface area (TPSA) is 50.1 Å². The quantitative estimate of drug-likeness (QED) is 0.726. The van der Waals surface area contributed by atoms with Gasteiger partial charge in [-0.25, -0.2) is 4.98 Å². The summed E-state index contributed by atoms with van der Waals surface area (Å²) < 4.78 is 2.17. The fraction of sp³-hybridized carbons (Fsp3) is 0.438. The highest BCUT2D eigenvalue weighted by atomic mass is 16.3. The number of rotatable bonds is 8. The van der Waals surface area contributed by atoms with E-state index in [-0.39, 0.29) is 12.6 Å². The van der Waals surface area contributed by atoms with Crippen LogP contribution in [-0.4, -0.2) is 27.8 Å². The first-order valence-corrected chi connectivity index (χ1v) is 7.18. The van der Waals surface area contributed by atoms with E-state index in [1.165, 1.54) is 0 Å². The average molecular weight is 273 g/mol. The van der Waals surface area contributed by atoms with E-state index in [9.17, 15) is 5.11 Å². The molecular formula is C16H23N3O. The molecule has 108 valence electrons. The van der Waals surface area contributed by atoms with Crippen molar-refractivity contribution in [2.45, 2.75) is 32.4 Å². The van der Waals surface area contributed by atoms with Gasteiger partial charge in [0.25, 0.3) is 0 Å². The zero-order chi connectivity index (χ0) is 14.2. The maximum atomic E-state index is 9.45. The Kier molecular flexibility index (Phi) is 5.77. The minimum absolute atomic E-state index is 0.0335. The highest BCUT2D eigenvalue weighted by Crippen LogP contribution is 2.11. The summed E-state index contributed by atoms with van der Waals surface area (Å²) in [5.74, 6) is 1.07. The van der Waals surface area contributed by atoms with Crippen molar-refractivity contribution in [3.8, 4) is 0 Å². The first kappa shape index (κ1) is 14.8. The zero-order valence-electron chi connectivity index (χ0n) is 12.0. The molecule has 2 N–H and O–H groups in total. The summed E-state index contributed by atoms with van der Waals surface area (Å²) in [5.41, 5.74) is 1.14. The van der Waals surface area contributed by atoms with Gasteiger partial charge < -0.3 is 15.0 Å². The molecule has 1 aromatic carbocycles. The van der Waals surface area contributed by atoms with Crippen LogP contribution in [0, 0.1) is 6.92 Å². The Hall–Kier alpha value is -1.65. The van der Waals surface area contributed by atoms with Crippen LogP contribution in [0.2, 0.25) is 0 Å². The predicted octanol–water partition coefficient (Wildman–Crippen LogP) is 2.29. The number of aromatic nitrogens is 2. The van der Waals surface area contributed by atoms with E-state index >= 15 is 0 Å². The molecule has 4 nitrogen and oxygen atoms in total. The second-order valence-corrected chi connectivity index (χ2v) is 4.97. The lowest BCUT2D eigenvalue weighted by molar-refractivity contribution is 0.244. The summed E-state index contributed by atoms with van der Waals surface area (Å²) in [7, 11) is 0. The molecule has 0 aliphatic carbocycles. The monoisotopic (exact) mass is 273 g/mol. The Bertz CT molecular complexity index is 495. The lowest BCUT2D eigenvalue weighted by Gasteiger charge is -2.16.